The summed E-state index contributed by atoms with van der Waals surface area (Å²) in [5, 5.41) is 17.8. The van der Waals surface area contributed by atoms with E-state index < -0.39 is 50.9 Å². The van der Waals surface area contributed by atoms with Crippen LogP contribution in [0, 0.1) is 0 Å². The van der Waals surface area contributed by atoms with Crippen molar-refractivity contribution >= 4 is 32.5 Å². The molecule has 2 aliphatic heterocycles. The van der Waals surface area contributed by atoms with Crippen molar-refractivity contribution in [2.45, 2.75) is 42.5 Å². The van der Waals surface area contributed by atoms with E-state index in [1.54, 1.807) is 0 Å². The summed E-state index contributed by atoms with van der Waals surface area (Å²) in [6.45, 7) is 0.780. The van der Waals surface area contributed by atoms with Crippen LogP contribution in [-0.2, 0) is 27.4 Å². The fourth-order valence-corrected chi connectivity index (χ4v) is 7.88. The molecule has 9 nitrogen and oxygen atoms in total. The van der Waals surface area contributed by atoms with Gasteiger partial charge in [-0.2, -0.15) is 17.5 Å². The second kappa shape index (κ2) is 11.6. The van der Waals surface area contributed by atoms with E-state index in [1.165, 1.54) is 19.2 Å². The Kier molecular flexibility index (Phi) is 7.96. The van der Waals surface area contributed by atoms with Gasteiger partial charge in [0.2, 0.25) is 0 Å². The number of rotatable bonds is 6. The van der Waals surface area contributed by atoms with E-state index in [0.29, 0.717) is 25.9 Å². The molecule has 236 valence electrons. The lowest BCUT2D eigenvalue weighted by Gasteiger charge is -2.35. The first-order valence-corrected chi connectivity index (χ1v) is 15.9. The molecule has 13 heteroatoms. The third-order valence-corrected chi connectivity index (χ3v) is 10.4. The minimum atomic E-state index is -4.74. The fourth-order valence-electron chi connectivity index (χ4n) is 6.29. The molecule has 4 aromatic rings. The monoisotopic (exact) mass is 640 g/mol. The van der Waals surface area contributed by atoms with Gasteiger partial charge < -0.3 is 15.7 Å². The highest BCUT2D eigenvalue weighted by molar-refractivity contribution is 7.89. The average Bonchev–Trinajstić information content (AvgIpc) is 3.01. The Morgan fingerprint density at radius 1 is 1.04 bits per heavy atom. The molecule has 1 saturated heterocycles. The Balaban J connectivity index is 1.75. The van der Waals surface area contributed by atoms with Crippen molar-refractivity contribution in [2.75, 3.05) is 32.0 Å². The molecular formula is C32H31F3N4O5S. The number of aliphatic carboxylic acids is 1. The van der Waals surface area contributed by atoms with Crippen molar-refractivity contribution in [3.63, 3.8) is 0 Å². The number of nitrogens with zero attached hydrogens (tertiary/aromatic N) is 2. The third-order valence-electron chi connectivity index (χ3n) is 8.56. The smallest absolute Gasteiger partial charge is 0.416 e. The minimum Gasteiger partial charge on any atom is -0.480 e. The number of carbonyl (C=O) groups is 1. The van der Waals surface area contributed by atoms with Crippen LogP contribution in [0.25, 0.3) is 21.9 Å². The molecule has 0 saturated carbocycles. The Bertz CT molecular complexity index is 1960. The fraction of sp³-hybridized carbons (Fsp3) is 0.312. The number of anilines is 1. The van der Waals surface area contributed by atoms with Gasteiger partial charge in [0, 0.05) is 31.6 Å². The Morgan fingerprint density at radius 3 is 2.44 bits per heavy atom. The van der Waals surface area contributed by atoms with Crippen molar-refractivity contribution in [2.24, 2.45) is 0 Å². The SMILES string of the molecule is CN1CC(C(=O)O)n2c(c(-c3cccc(C(F)(F)F)c3)c(Cc3cccc4ccccc34)c(NC3CCNCC3)c2=O)S1(=O)=O. The summed E-state index contributed by atoms with van der Waals surface area (Å²) in [5.41, 5.74) is -1.21. The van der Waals surface area contributed by atoms with Crippen molar-refractivity contribution in [1.82, 2.24) is 14.2 Å². The number of hydrogen-bond acceptors (Lipinski definition) is 6. The summed E-state index contributed by atoms with van der Waals surface area (Å²) in [6.07, 6.45) is -3.51. The number of halogens is 3. The maximum absolute atomic E-state index is 14.4. The summed E-state index contributed by atoms with van der Waals surface area (Å²) in [5.74, 6) is -1.44. The van der Waals surface area contributed by atoms with Crippen LogP contribution >= 0.6 is 0 Å². The standard InChI is InChI=1S/C32H31F3N4O5S/c1-38-18-26(31(41)42)39-29(40)28(37-23-12-14-36-15-13-23)25(17-20-8-4-7-19-6-2-3-11-24(19)20)27(30(39)45(38,43)44)21-9-5-10-22(16-21)32(33,34)35/h2-11,16,23,26,36-37H,12-15,17-18H2,1H3,(H,41,42). The van der Waals surface area contributed by atoms with E-state index in [1.807, 2.05) is 42.5 Å². The van der Waals surface area contributed by atoms with E-state index >= 15 is 0 Å². The molecule has 1 fully saturated rings. The molecule has 0 radical (unpaired) electrons. The number of carboxylic acids is 1. The molecular weight excluding hydrogens is 609 g/mol. The molecule has 1 unspecified atom stereocenters. The van der Waals surface area contributed by atoms with Gasteiger partial charge in [-0.25, -0.2) is 13.2 Å². The lowest BCUT2D eigenvalue weighted by atomic mass is 9.91. The number of pyridine rings is 1. The second-order valence-electron chi connectivity index (χ2n) is 11.4. The van der Waals surface area contributed by atoms with Gasteiger partial charge >= 0.3 is 12.1 Å². The van der Waals surface area contributed by atoms with Crippen molar-refractivity contribution in [3.8, 4) is 11.1 Å². The number of hydrogen-bond donors (Lipinski definition) is 3. The van der Waals surface area contributed by atoms with Crippen LogP contribution in [0.1, 0.15) is 35.6 Å². The van der Waals surface area contributed by atoms with E-state index in [4.69, 9.17) is 0 Å². The number of nitrogens with one attached hydrogen (secondary N) is 2. The van der Waals surface area contributed by atoms with Crippen LogP contribution in [-0.4, -0.2) is 61.1 Å². The Hall–Kier alpha value is -4.20. The zero-order valence-corrected chi connectivity index (χ0v) is 25.1. The van der Waals surface area contributed by atoms with Crippen LogP contribution in [0.5, 0.6) is 0 Å². The highest BCUT2D eigenvalue weighted by Gasteiger charge is 2.43. The zero-order chi connectivity index (χ0) is 32.1. The van der Waals surface area contributed by atoms with Gasteiger partial charge in [0.25, 0.3) is 15.6 Å². The maximum Gasteiger partial charge on any atom is 0.416 e. The summed E-state index contributed by atoms with van der Waals surface area (Å²) in [6, 6.07) is 15.5. The molecule has 1 atom stereocenters. The van der Waals surface area contributed by atoms with Crippen LogP contribution in [0.3, 0.4) is 0 Å². The normalized spacial score (nSPS) is 18.9. The molecule has 3 aromatic carbocycles. The highest BCUT2D eigenvalue weighted by Crippen LogP contribution is 2.42. The molecule has 0 amide bonds. The number of carboxylic acid groups (broad SMARTS) is 1. The number of likely N-dealkylation sites (N-methyl/N-ethyl adjacent to an activating group) is 1. The molecule has 0 bridgehead atoms. The van der Waals surface area contributed by atoms with Crippen LogP contribution in [0.15, 0.2) is 76.6 Å². The number of benzene rings is 3. The number of alkyl halides is 3. The van der Waals surface area contributed by atoms with E-state index in [-0.39, 0.29) is 34.8 Å². The number of piperidine rings is 1. The van der Waals surface area contributed by atoms with E-state index in [0.717, 1.165) is 37.3 Å². The Morgan fingerprint density at radius 2 is 1.73 bits per heavy atom. The van der Waals surface area contributed by atoms with Gasteiger partial charge in [-0.3, -0.25) is 9.36 Å². The van der Waals surface area contributed by atoms with E-state index in [9.17, 15) is 36.3 Å². The summed E-state index contributed by atoms with van der Waals surface area (Å²) in [7, 11) is -3.33. The molecule has 2 aliphatic rings. The molecule has 3 heterocycles. The van der Waals surface area contributed by atoms with Gasteiger partial charge in [0.1, 0.15) is 11.7 Å². The lowest BCUT2D eigenvalue weighted by molar-refractivity contribution is -0.141. The van der Waals surface area contributed by atoms with Gasteiger partial charge in [-0.1, -0.05) is 54.6 Å². The van der Waals surface area contributed by atoms with E-state index in [2.05, 4.69) is 10.6 Å². The number of sulfonamides is 1. The molecule has 45 heavy (non-hydrogen) atoms. The van der Waals surface area contributed by atoms with Crippen molar-refractivity contribution < 1.29 is 31.5 Å². The van der Waals surface area contributed by atoms with Gasteiger partial charge in [-0.05, 0) is 65.5 Å². The summed E-state index contributed by atoms with van der Waals surface area (Å²) in [4.78, 5) is 27.0. The predicted octanol–water partition coefficient (Wildman–Crippen LogP) is 4.70. The molecule has 6 rings (SSSR count). The number of aromatic nitrogens is 1. The van der Waals surface area contributed by atoms with Crippen molar-refractivity contribution in [3.05, 3.63) is 93.8 Å². The topological polar surface area (TPSA) is 121 Å². The quantitative estimate of drug-likeness (QED) is 0.280. The Labute approximate surface area is 257 Å². The first-order valence-electron chi connectivity index (χ1n) is 14.5. The summed E-state index contributed by atoms with van der Waals surface area (Å²) >= 11 is 0. The summed E-state index contributed by atoms with van der Waals surface area (Å²) < 4.78 is 71.7. The maximum atomic E-state index is 14.4. The van der Waals surface area contributed by atoms with Crippen LogP contribution in [0.2, 0.25) is 0 Å². The zero-order valence-electron chi connectivity index (χ0n) is 24.3. The van der Waals surface area contributed by atoms with Crippen LogP contribution in [0.4, 0.5) is 18.9 Å². The van der Waals surface area contributed by atoms with Gasteiger partial charge in [0.15, 0.2) is 5.03 Å². The van der Waals surface area contributed by atoms with Crippen molar-refractivity contribution in [1.29, 1.82) is 0 Å². The third kappa shape index (κ3) is 5.60. The van der Waals surface area contributed by atoms with Gasteiger partial charge in [-0.15, -0.1) is 0 Å². The van der Waals surface area contributed by atoms with Gasteiger partial charge in [0.05, 0.1) is 5.56 Å². The largest absolute Gasteiger partial charge is 0.480 e. The molecule has 3 N–H and O–H groups in total. The highest BCUT2D eigenvalue weighted by atomic mass is 32.2. The molecule has 0 spiro atoms. The first kappa shape index (κ1) is 30.8. The lowest BCUT2D eigenvalue weighted by Crippen LogP contribution is -2.49. The molecule has 0 aliphatic carbocycles. The minimum absolute atomic E-state index is 0.0136. The average molecular weight is 641 g/mol. The number of fused-ring (bicyclic) bond motifs is 2. The first-order chi connectivity index (χ1) is 21.4. The molecule has 1 aromatic heterocycles. The van der Waals surface area contributed by atoms with Crippen LogP contribution < -0.4 is 16.2 Å². The second-order valence-corrected chi connectivity index (χ2v) is 13.4. The predicted molar refractivity (Wildman–Crippen MR) is 164 cm³/mol.